The van der Waals surface area contributed by atoms with Crippen molar-refractivity contribution in [3.8, 4) is 0 Å². The van der Waals surface area contributed by atoms with Gasteiger partial charge in [0, 0.05) is 23.7 Å². The maximum absolute atomic E-state index is 11.9. The number of nitrogens with zero attached hydrogens (tertiary/aromatic N) is 1. The number of aryl methyl sites for hydroxylation is 1. The molecule has 19 heavy (non-hydrogen) atoms. The Hall–Kier alpha value is -2.04. The first-order chi connectivity index (χ1) is 8.82. The van der Waals surface area contributed by atoms with Gasteiger partial charge in [0.25, 0.3) is 0 Å². The number of oxazole rings is 1. The Morgan fingerprint density at radius 2 is 2.05 bits per heavy atom. The average molecular weight is 262 g/mol. The van der Waals surface area contributed by atoms with E-state index in [9.17, 15) is 9.59 Å². The lowest BCUT2D eigenvalue weighted by Crippen LogP contribution is -2.27. The highest BCUT2D eigenvalue weighted by atomic mass is 16.4. The van der Waals surface area contributed by atoms with E-state index < -0.39 is 5.41 Å². The molecule has 1 heterocycles. The molecule has 0 unspecified atom stereocenters. The van der Waals surface area contributed by atoms with Gasteiger partial charge in [0.05, 0.1) is 5.52 Å². The standard InChI is InChI=1S/C14H18N2O3/c1-5-16-10-7-6-9(8-11(10)19-13(16)18)15-12(17)14(2,3)4/h6-8H,5H2,1-4H3,(H,15,17). The lowest BCUT2D eigenvalue weighted by molar-refractivity contribution is -0.123. The summed E-state index contributed by atoms with van der Waals surface area (Å²) in [5, 5.41) is 2.81. The van der Waals surface area contributed by atoms with E-state index in [4.69, 9.17) is 4.42 Å². The highest BCUT2D eigenvalue weighted by molar-refractivity contribution is 5.95. The highest BCUT2D eigenvalue weighted by Crippen LogP contribution is 2.21. The number of amides is 1. The molecule has 1 N–H and O–H groups in total. The van der Waals surface area contributed by atoms with E-state index in [1.165, 1.54) is 0 Å². The zero-order chi connectivity index (χ0) is 14.2. The second-order valence-electron chi connectivity index (χ2n) is 5.50. The van der Waals surface area contributed by atoms with E-state index in [0.29, 0.717) is 17.8 Å². The summed E-state index contributed by atoms with van der Waals surface area (Å²) in [6.45, 7) is 7.96. The normalized spacial score (nSPS) is 11.8. The third-order valence-electron chi connectivity index (χ3n) is 2.92. The van der Waals surface area contributed by atoms with E-state index in [-0.39, 0.29) is 11.7 Å². The zero-order valence-electron chi connectivity index (χ0n) is 11.6. The molecule has 102 valence electrons. The maximum Gasteiger partial charge on any atom is 0.419 e. The van der Waals surface area contributed by atoms with E-state index in [1.807, 2.05) is 27.7 Å². The zero-order valence-corrected chi connectivity index (χ0v) is 11.6. The minimum Gasteiger partial charge on any atom is -0.408 e. The van der Waals surface area contributed by atoms with Gasteiger partial charge in [-0.1, -0.05) is 20.8 Å². The van der Waals surface area contributed by atoms with Crippen LogP contribution < -0.4 is 11.1 Å². The van der Waals surface area contributed by atoms with Crippen molar-refractivity contribution in [3.63, 3.8) is 0 Å². The minimum absolute atomic E-state index is 0.0795. The highest BCUT2D eigenvalue weighted by Gasteiger charge is 2.21. The Bertz CT molecular complexity index is 674. The molecule has 0 fully saturated rings. The van der Waals surface area contributed by atoms with Gasteiger partial charge in [0.2, 0.25) is 5.91 Å². The molecule has 0 bridgehead atoms. The summed E-state index contributed by atoms with van der Waals surface area (Å²) in [6, 6.07) is 5.22. The largest absolute Gasteiger partial charge is 0.419 e. The van der Waals surface area contributed by atoms with Gasteiger partial charge < -0.3 is 9.73 Å². The van der Waals surface area contributed by atoms with Crippen LogP contribution in [0.5, 0.6) is 0 Å². The molecule has 5 heteroatoms. The number of aromatic nitrogens is 1. The van der Waals surface area contributed by atoms with Crippen LogP contribution in [0.4, 0.5) is 5.69 Å². The molecule has 0 aliphatic heterocycles. The summed E-state index contributed by atoms with van der Waals surface area (Å²) in [4.78, 5) is 23.5. The van der Waals surface area contributed by atoms with Gasteiger partial charge in [-0.3, -0.25) is 9.36 Å². The fourth-order valence-electron chi connectivity index (χ4n) is 1.76. The van der Waals surface area contributed by atoms with Crippen molar-refractivity contribution in [2.24, 2.45) is 5.41 Å². The molecule has 0 saturated carbocycles. The molecule has 1 aromatic carbocycles. The van der Waals surface area contributed by atoms with Crippen molar-refractivity contribution >= 4 is 22.7 Å². The quantitative estimate of drug-likeness (QED) is 0.904. The third-order valence-corrected chi connectivity index (χ3v) is 2.92. The third kappa shape index (κ3) is 2.54. The van der Waals surface area contributed by atoms with Crippen LogP contribution in [0.15, 0.2) is 27.4 Å². The van der Waals surface area contributed by atoms with Crippen LogP contribution in [-0.4, -0.2) is 10.5 Å². The number of hydrogen-bond donors (Lipinski definition) is 1. The number of rotatable bonds is 2. The van der Waals surface area contributed by atoms with Crippen molar-refractivity contribution in [1.29, 1.82) is 0 Å². The predicted octanol–water partition coefficient (Wildman–Crippen LogP) is 2.60. The van der Waals surface area contributed by atoms with Gasteiger partial charge in [-0.15, -0.1) is 0 Å². The lowest BCUT2D eigenvalue weighted by Gasteiger charge is -2.17. The molecule has 0 saturated heterocycles. The molecule has 1 amide bonds. The van der Waals surface area contributed by atoms with Crippen LogP contribution in [0.2, 0.25) is 0 Å². The Morgan fingerprint density at radius 3 is 2.63 bits per heavy atom. The summed E-state index contributed by atoms with van der Waals surface area (Å²) in [5.41, 5.74) is 1.38. The van der Waals surface area contributed by atoms with E-state index in [2.05, 4.69) is 5.32 Å². The van der Waals surface area contributed by atoms with Gasteiger partial charge in [-0.05, 0) is 19.1 Å². The van der Waals surface area contributed by atoms with Gasteiger partial charge in [-0.25, -0.2) is 4.79 Å². The summed E-state index contributed by atoms with van der Waals surface area (Å²) in [7, 11) is 0. The van der Waals surface area contributed by atoms with Crippen LogP contribution in [0.25, 0.3) is 11.1 Å². The van der Waals surface area contributed by atoms with Crippen LogP contribution in [-0.2, 0) is 11.3 Å². The molecular weight excluding hydrogens is 244 g/mol. The molecule has 0 spiro atoms. The Kier molecular flexibility index (Phi) is 3.22. The van der Waals surface area contributed by atoms with E-state index in [1.54, 1.807) is 22.8 Å². The predicted molar refractivity (Wildman–Crippen MR) is 74.2 cm³/mol. The molecule has 0 radical (unpaired) electrons. The Balaban J connectivity index is 2.38. The fraction of sp³-hybridized carbons (Fsp3) is 0.429. The van der Waals surface area contributed by atoms with Crippen molar-refractivity contribution in [3.05, 3.63) is 28.7 Å². The smallest absolute Gasteiger partial charge is 0.408 e. The summed E-state index contributed by atoms with van der Waals surface area (Å²) < 4.78 is 6.70. The molecule has 2 aromatic rings. The van der Waals surface area contributed by atoms with Crippen molar-refractivity contribution in [1.82, 2.24) is 4.57 Å². The lowest BCUT2D eigenvalue weighted by atomic mass is 9.95. The molecular formula is C14H18N2O3. The number of carbonyl (C=O) groups is 1. The Labute approximate surface area is 111 Å². The van der Waals surface area contributed by atoms with Crippen LogP contribution in [0.1, 0.15) is 27.7 Å². The number of benzene rings is 1. The minimum atomic E-state index is -0.467. The Morgan fingerprint density at radius 1 is 1.37 bits per heavy atom. The molecule has 0 atom stereocenters. The van der Waals surface area contributed by atoms with Crippen molar-refractivity contribution < 1.29 is 9.21 Å². The van der Waals surface area contributed by atoms with Crippen molar-refractivity contribution in [2.75, 3.05) is 5.32 Å². The summed E-state index contributed by atoms with van der Waals surface area (Å²) in [6.07, 6.45) is 0. The molecule has 1 aromatic heterocycles. The number of anilines is 1. The molecule has 2 rings (SSSR count). The molecule has 0 aliphatic rings. The van der Waals surface area contributed by atoms with E-state index in [0.717, 1.165) is 5.52 Å². The SMILES string of the molecule is CCn1c(=O)oc2cc(NC(=O)C(C)(C)C)ccc21. The number of hydrogen-bond acceptors (Lipinski definition) is 3. The van der Waals surface area contributed by atoms with Gasteiger partial charge in [0.1, 0.15) is 0 Å². The summed E-state index contributed by atoms with van der Waals surface area (Å²) >= 11 is 0. The maximum atomic E-state index is 11.9. The number of carbonyl (C=O) groups excluding carboxylic acids is 1. The first-order valence-electron chi connectivity index (χ1n) is 6.28. The van der Waals surface area contributed by atoms with Crippen molar-refractivity contribution in [2.45, 2.75) is 34.2 Å². The first kappa shape index (κ1) is 13.4. The number of nitrogens with one attached hydrogen (secondary N) is 1. The van der Waals surface area contributed by atoms with Gasteiger partial charge in [0.15, 0.2) is 5.58 Å². The van der Waals surface area contributed by atoms with Gasteiger partial charge in [-0.2, -0.15) is 0 Å². The van der Waals surface area contributed by atoms with E-state index >= 15 is 0 Å². The second-order valence-corrected chi connectivity index (χ2v) is 5.50. The molecule has 5 nitrogen and oxygen atoms in total. The average Bonchev–Trinajstić information content (AvgIpc) is 2.62. The van der Waals surface area contributed by atoms with Crippen LogP contribution in [0, 0.1) is 5.41 Å². The topological polar surface area (TPSA) is 64.2 Å². The fourth-order valence-corrected chi connectivity index (χ4v) is 1.76. The molecule has 0 aliphatic carbocycles. The van der Waals surface area contributed by atoms with Gasteiger partial charge >= 0.3 is 5.76 Å². The number of fused-ring (bicyclic) bond motifs is 1. The van der Waals surface area contributed by atoms with Crippen LogP contribution >= 0.6 is 0 Å². The van der Waals surface area contributed by atoms with Crippen LogP contribution in [0.3, 0.4) is 0 Å². The first-order valence-corrected chi connectivity index (χ1v) is 6.28. The monoisotopic (exact) mass is 262 g/mol. The second kappa shape index (κ2) is 4.57. The summed E-state index contributed by atoms with van der Waals surface area (Å²) in [5.74, 6) is -0.457.